The van der Waals surface area contributed by atoms with E-state index in [9.17, 15) is 4.79 Å². The number of hydrogen-bond acceptors (Lipinski definition) is 2. The van der Waals surface area contributed by atoms with Crippen molar-refractivity contribution in [3.63, 3.8) is 0 Å². The van der Waals surface area contributed by atoms with E-state index in [-0.39, 0.29) is 6.42 Å². The van der Waals surface area contributed by atoms with Gasteiger partial charge in [-0.3, -0.25) is 4.79 Å². The Morgan fingerprint density at radius 1 is 1.44 bits per heavy atom. The van der Waals surface area contributed by atoms with Crippen molar-refractivity contribution >= 4 is 17.0 Å². The van der Waals surface area contributed by atoms with E-state index in [2.05, 4.69) is 22.5 Å². The molecule has 0 spiro atoms. The van der Waals surface area contributed by atoms with Crippen LogP contribution in [0.25, 0.3) is 11.0 Å². The zero-order chi connectivity index (χ0) is 13.1. The number of fused-ring (bicyclic) bond motifs is 1. The van der Waals surface area contributed by atoms with Crippen molar-refractivity contribution in [1.29, 1.82) is 0 Å². The van der Waals surface area contributed by atoms with Gasteiger partial charge in [-0.25, -0.2) is 4.98 Å². The number of nitrogens with zero attached hydrogens (tertiary/aromatic N) is 2. The number of aryl methyl sites for hydroxylation is 3. The molecule has 0 aliphatic carbocycles. The van der Waals surface area contributed by atoms with Gasteiger partial charge in [-0.1, -0.05) is 13.0 Å². The van der Waals surface area contributed by atoms with Gasteiger partial charge in [0.25, 0.3) is 0 Å². The lowest BCUT2D eigenvalue weighted by Gasteiger charge is -2.02. The lowest BCUT2D eigenvalue weighted by Crippen LogP contribution is -1.97. The molecule has 1 aromatic heterocycles. The number of benzene rings is 1. The van der Waals surface area contributed by atoms with Crippen molar-refractivity contribution in [1.82, 2.24) is 9.55 Å². The van der Waals surface area contributed by atoms with Gasteiger partial charge in [-0.05, 0) is 30.5 Å². The van der Waals surface area contributed by atoms with Crippen LogP contribution in [0.3, 0.4) is 0 Å². The monoisotopic (exact) mass is 246 g/mol. The molecule has 0 fully saturated rings. The molecule has 1 N–H and O–H groups in total. The van der Waals surface area contributed by atoms with Crippen LogP contribution in [0.15, 0.2) is 18.2 Å². The first kappa shape index (κ1) is 12.6. The molecule has 0 amide bonds. The van der Waals surface area contributed by atoms with Crippen molar-refractivity contribution in [3.05, 3.63) is 29.6 Å². The van der Waals surface area contributed by atoms with Gasteiger partial charge in [0, 0.05) is 19.9 Å². The van der Waals surface area contributed by atoms with E-state index in [4.69, 9.17) is 5.11 Å². The summed E-state index contributed by atoms with van der Waals surface area (Å²) in [5.41, 5.74) is 3.31. The largest absolute Gasteiger partial charge is 0.481 e. The number of carboxylic acids is 1. The van der Waals surface area contributed by atoms with Gasteiger partial charge >= 0.3 is 5.97 Å². The average molecular weight is 246 g/mol. The number of imidazole rings is 1. The molecule has 4 heteroatoms. The van der Waals surface area contributed by atoms with Crippen LogP contribution in [0, 0.1) is 0 Å². The summed E-state index contributed by atoms with van der Waals surface area (Å²) in [7, 11) is 2.02. The van der Waals surface area contributed by atoms with Crippen molar-refractivity contribution in [3.8, 4) is 0 Å². The Labute approximate surface area is 106 Å². The Morgan fingerprint density at radius 3 is 2.89 bits per heavy atom. The van der Waals surface area contributed by atoms with Gasteiger partial charge in [0.1, 0.15) is 5.82 Å². The fourth-order valence-electron chi connectivity index (χ4n) is 2.20. The fraction of sp³-hybridized carbons (Fsp3) is 0.429. The molecule has 0 bridgehead atoms. The maximum atomic E-state index is 10.5. The molecule has 4 nitrogen and oxygen atoms in total. The SMILES string of the molecule is CCc1nc2ccc(CCCC(=O)O)cc2n1C. The van der Waals surface area contributed by atoms with E-state index in [0.29, 0.717) is 6.42 Å². The zero-order valence-electron chi connectivity index (χ0n) is 10.8. The maximum Gasteiger partial charge on any atom is 0.303 e. The van der Waals surface area contributed by atoms with Crippen molar-refractivity contribution in [2.24, 2.45) is 7.05 Å². The number of aliphatic carboxylic acids is 1. The summed E-state index contributed by atoms with van der Waals surface area (Å²) in [5.74, 6) is 0.345. The molecule has 0 aliphatic rings. The lowest BCUT2D eigenvalue weighted by atomic mass is 10.1. The summed E-state index contributed by atoms with van der Waals surface area (Å²) in [6.45, 7) is 2.09. The van der Waals surface area contributed by atoms with E-state index in [1.165, 1.54) is 5.56 Å². The van der Waals surface area contributed by atoms with E-state index in [0.717, 1.165) is 29.7 Å². The molecule has 2 rings (SSSR count). The molecule has 0 radical (unpaired) electrons. The van der Waals surface area contributed by atoms with E-state index < -0.39 is 5.97 Å². The number of carboxylic acid groups (broad SMARTS) is 1. The average Bonchev–Trinajstić information content (AvgIpc) is 2.66. The summed E-state index contributed by atoms with van der Waals surface area (Å²) in [6.07, 6.45) is 2.62. The third-order valence-corrected chi connectivity index (χ3v) is 3.21. The zero-order valence-corrected chi connectivity index (χ0v) is 10.8. The molecule has 0 saturated heterocycles. The molecule has 18 heavy (non-hydrogen) atoms. The van der Waals surface area contributed by atoms with Crippen LogP contribution in [0.4, 0.5) is 0 Å². The van der Waals surface area contributed by atoms with Gasteiger partial charge in [-0.15, -0.1) is 0 Å². The third kappa shape index (κ3) is 2.53. The minimum Gasteiger partial charge on any atom is -0.481 e. The van der Waals surface area contributed by atoms with Crippen LogP contribution in [0.2, 0.25) is 0 Å². The molecule has 1 aromatic carbocycles. The highest BCUT2D eigenvalue weighted by Gasteiger charge is 2.07. The summed E-state index contributed by atoms with van der Waals surface area (Å²) < 4.78 is 2.11. The molecule has 2 aromatic rings. The highest BCUT2D eigenvalue weighted by molar-refractivity contribution is 5.76. The Balaban J connectivity index is 2.21. The van der Waals surface area contributed by atoms with Crippen LogP contribution in [-0.2, 0) is 24.7 Å². The van der Waals surface area contributed by atoms with Crippen LogP contribution in [-0.4, -0.2) is 20.6 Å². The van der Waals surface area contributed by atoms with Crippen LogP contribution < -0.4 is 0 Å². The molecule has 0 aliphatic heterocycles. The van der Waals surface area contributed by atoms with Crippen molar-refractivity contribution in [2.75, 3.05) is 0 Å². The highest BCUT2D eigenvalue weighted by Crippen LogP contribution is 2.18. The molecule has 0 atom stereocenters. The van der Waals surface area contributed by atoms with Crippen molar-refractivity contribution < 1.29 is 9.90 Å². The van der Waals surface area contributed by atoms with Gasteiger partial charge in [-0.2, -0.15) is 0 Å². The third-order valence-electron chi connectivity index (χ3n) is 3.21. The topological polar surface area (TPSA) is 55.1 Å². The number of carbonyl (C=O) groups is 1. The molecular weight excluding hydrogens is 228 g/mol. The van der Waals surface area contributed by atoms with Crippen LogP contribution in [0.1, 0.15) is 31.2 Å². The quantitative estimate of drug-likeness (QED) is 0.882. The van der Waals surface area contributed by atoms with E-state index in [1.54, 1.807) is 0 Å². The second kappa shape index (κ2) is 5.21. The van der Waals surface area contributed by atoms with Gasteiger partial charge < -0.3 is 9.67 Å². The maximum absolute atomic E-state index is 10.5. The highest BCUT2D eigenvalue weighted by atomic mass is 16.4. The van der Waals surface area contributed by atoms with Crippen molar-refractivity contribution in [2.45, 2.75) is 32.6 Å². The summed E-state index contributed by atoms with van der Waals surface area (Å²) in [4.78, 5) is 15.0. The molecular formula is C14H18N2O2. The van der Waals surface area contributed by atoms with Gasteiger partial charge in [0.05, 0.1) is 11.0 Å². The fourth-order valence-corrected chi connectivity index (χ4v) is 2.20. The summed E-state index contributed by atoms with van der Waals surface area (Å²) >= 11 is 0. The minimum absolute atomic E-state index is 0.226. The van der Waals surface area contributed by atoms with Crippen LogP contribution >= 0.6 is 0 Å². The molecule has 0 saturated carbocycles. The Kier molecular flexibility index (Phi) is 3.65. The number of hydrogen-bond donors (Lipinski definition) is 1. The molecule has 1 heterocycles. The smallest absolute Gasteiger partial charge is 0.303 e. The number of rotatable bonds is 5. The summed E-state index contributed by atoms with van der Waals surface area (Å²) in [6, 6.07) is 6.17. The normalized spacial score (nSPS) is 11.0. The Hall–Kier alpha value is -1.84. The second-order valence-electron chi connectivity index (χ2n) is 4.51. The standard InChI is InChI=1S/C14H18N2O2/c1-3-13-15-11-8-7-10(5-4-6-14(17)18)9-12(11)16(13)2/h7-9H,3-6H2,1-2H3,(H,17,18). The molecule has 96 valence electrons. The first-order valence-corrected chi connectivity index (χ1v) is 6.28. The predicted octanol–water partition coefficient (Wildman–Crippen LogP) is 2.54. The van der Waals surface area contributed by atoms with E-state index >= 15 is 0 Å². The minimum atomic E-state index is -0.732. The van der Waals surface area contributed by atoms with Gasteiger partial charge in [0.15, 0.2) is 0 Å². The van der Waals surface area contributed by atoms with E-state index in [1.807, 2.05) is 19.2 Å². The Bertz CT molecular complexity index is 572. The summed E-state index contributed by atoms with van der Waals surface area (Å²) in [5, 5.41) is 8.63. The first-order chi connectivity index (χ1) is 8.61. The second-order valence-corrected chi connectivity index (χ2v) is 4.51. The predicted molar refractivity (Wildman–Crippen MR) is 70.7 cm³/mol. The lowest BCUT2D eigenvalue weighted by molar-refractivity contribution is -0.137. The molecule has 0 unspecified atom stereocenters. The van der Waals surface area contributed by atoms with Gasteiger partial charge in [0.2, 0.25) is 0 Å². The van der Waals surface area contributed by atoms with Crippen LogP contribution in [0.5, 0.6) is 0 Å². The number of aromatic nitrogens is 2. The Morgan fingerprint density at radius 2 is 2.22 bits per heavy atom. The first-order valence-electron chi connectivity index (χ1n) is 6.28.